The van der Waals surface area contributed by atoms with Gasteiger partial charge < -0.3 is 20.6 Å². The SMILES string of the molecule is CO/N=C1\CN[C@H](C(=O)NC[C@@H](O)c2ccccc2C(=O)c2ccc(-c3ccccc3)c(C)c2)C1. The lowest BCUT2D eigenvalue weighted by Gasteiger charge is -2.17. The molecular formula is C28H29N3O4. The Bertz CT molecular complexity index is 1240. The van der Waals surface area contributed by atoms with Crippen LogP contribution in [0.4, 0.5) is 0 Å². The molecule has 1 heterocycles. The van der Waals surface area contributed by atoms with Gasteiger partial charge >= 0.3 is 0 Å². The van der Waals surface area contributed by atoms with Gasteiger partial charge in [0.2, 0.25) is 5.91 Å². The summed E-state index contributed by atoms with van der Waals surface area (Å²) in [5.41, 5.74) is 5.35. The number of benzene rings is 3. The average Bonchev–Trinajstić information content (AvgIpc) is 3.36. The summed E-state index contributed by atoms with van der Waals surface area (Å²) in [6.07, 6.45) is -0.583. The maximum atomic E-state index is 13.4. The van der Waals surface area contributed by atoms with Crippen LogP contribution in [-0.4, -0.2) is 48.7 Å². The number of oxime groups is 1. The maximum Gasteiger partial charge on any atom is 0.237 e. The number of hydrogen-bond donors (Lipinski definition) is 3. The minimum Gasteiger partial charge on any atom is -0.399 e. The lowest BCUT2D eigenvalue weighted by molar-refractivity contribution is -0.123. The quantitative estimate of drug-likeness (QED) is 0.345. The summed E-state index contributed by atoms with van der Waals surface area (Å²) < 4.78 is 0. The van der Waals surface area contributed by atoms with E-state index in [4.69, 9.17) is 4.84 Å². The fraction of sp³-hybridized carbons (Fsp3) is 0.250. The van der Waals surface area contributed by atoms with Crippen molar-refractivity contribution >= 4 is 17.4 Å². The molecule has 0 unspecified atom stereocenters. The molecule has 7 nitrogen and oxygen atoms in total. The van der Waals surface area contributed by atoms with Crippen LogP contribution >= 0.6 is 0 Å². The van der Waals surface area contributed by atoms with Crippen molar-refractivity contribution in [1.82, 2.24) is 10.6 Å². The minimum atomic E-state index is -1.03. The number of amides is 1. The number of hydrogen-bond acceptors (Lipinski definition) is 6. The zero-order valence-electron chi connectivity index (χ0n) is 19.8. The number of aliphatic hydroxyl groups is 1. The van der Waals surface area contributed by atoms with Gasteiger partial charge in [0.05, 0.1) is 17.9 Å². The first-order valence-electron chi connectivity index (χ1n) is 11.6. The highest BCUT2D eigenvalue weighted by molar-refractivity contribution is 6.10. The van der Waals surface area contributed by atoms with Crippen molar-refractivity contribution in [2.45, 2.75) is 25.5 Å². The van der Waals surface area contributed by atoms with E-state index in [9.17, 15) is 14.7 Å². The van der Waals surface area contributed by atoms with E-state index in [-0.39, 0.29) is 18.2 Å². The second-order valence-corrected chi connectivity index (χ2v) is 8.55. The summed E-state index contributed by atoms with van der Waals surface area (Å²) in [5, 5.41) is 20.6. The number of carbonyl (C=O) groups excluding carboxylic acids is 2. The first kappa shape index (κ1) is 24.3. The van der Waals surface area contributed by atoms with Gasteiger partial charge in [0, 0.05) is 30.6 Å². The van der Waals surface area contributed by atoms with E-state index in [2.05, 4.69) is 15.8 Å². The molecule has 0 bridgehead atoms. The molecule has 3 N–H and O–H groups in total. The first-order valence-corrected chi connectivity index (χ1v) is 11.6. The Morgan fingerprint density at radius 1 is 1.11 bits per heavy atom. The van der Waals surface area contributed by atoms with E-state index in [1.807, 2.05) is 55.5 Å². The number of rotatable bonds is 8. The molecule has 180 valence electrons. The summed E-state index contributed by atoms with van der Waals surface area (Å²) in [5.74, 6) is -0.409. The minimum absolute atomic E-state index is 0.00989. The molecule has 7 heteroatoms. The predicted octanol–water partition coefficient (Wildman–Crippen LogP) is 3.41. The molecule has 1 aliphatic heterocycles. The Labute approximate surface area is 204 Å². The van der Waals surface area contributed by atoms with Gasteiger partial charge in [-0.25, -0.2) is 0 Å². The Morgan fingerprint density at radius 3 is 2.60 bits per heavy atom. The molecule has 3 aromatic carbocycles. The van der Waals surface area contributed by atoms with Gasteiger partial charge in [-0.2, -0.15) is 0 Å². The number of aryl methyl sites for hydroxylation is 1. The van der Waals surface area contributed by atoms with E-state index < -0.39 is 12.1 Å². The van der Waals surface area contributed by atoms with Gasteiger partial charge in [0.1, 0.15) is 7.11 Å². The normalized spacial score (nSPS) is 17.2. The van der Waals surface area contributed by atoms with Crippen LogP contribution in [-0.2, 0) is 9.63 Å². The van der Waals surface area contributed by atoms with Crippen molar-refractivity contribution in [3.63, 3.8) is 0 Å². The van der Waals surface area contributed by atoms with Crippen LogP contribution in [0.15, 0.2) is 78.0 Å². The molecule has 1 amide bonds. The van der Waals surface area contributed by atoms with Crippen molar-refractivity contribution < 1.29 is 19.5 Å². The Morgan fingerprint density at radius 2 is 1.86 bits per heavy atom. The maximum absolute atomic E-state index is 13.4. The van der Waals surface area contributed by atoms with Crippen LogP contribution in [0.25, 0.3) is 11.1 Å². The summed E-state index contributed by atoms with van der Waals surface area (Å²) >= 11 is 0. The molecule has 0 aliphatic carbocycles. The zero-order chi connectivity index (χ0) is 24.8. The molecule has 1 aliphatic rings. The van der Waals surface area contributed by atoms with Crippen molar-refractivity contribution in [3.05, 3.63) is 95.1 Å². The number of aliphatic hydroxyl groups excluding tert-OH is 1. The highest BCUT2D eigenvalue weighted by atomic mass is 16.6. The molecule has 1 fully saturated rings. The van der Waals surface area contributed by atoms with E-state index in [1.54, 1.807) is 24.3 Å². The number of nitrogens with one attached hydrogen (secondary N) is 2. The fourth-order valence-electron chi connectivity index (χ4n) is 4.33. The van der Waals surface area contributed by atoms with Crippen LogP contribution in [0.2, 0.25) is 0 Å². The Hall–Kier alpha value is -3.81. The third-order valence-corrected chi connectivity index (χ3v) is 6.14. The Kier molecular flexibility index (Phi) is 7.70. The van der Waals surface area contributed by atoms with E-state index in [1.165, 1.54) is 7.11 Å². The van der Waals surface area contributed by atoms with E-state index in [0.717, 1.165) is 22.4 Å². The molecule has 1 saturated heterocycles. The van der Waals surface area contributed by atoms with Crippen molar-refractivity contribution in [2.24, 2.45) is 5.16 Å². The van der Waals surface area contributed by atoms with Crippen molar-refractivity contribution in [2.75, 3.05) is 20.2 Å². The van der Waals surface area contributed by atoms with Gasteiger partial charge in [-0.05, 0) is 35.2 Å². The second-order valence-electron chi connectivity index (χ2n) is 8.55. The third-order valence-electron chi connectivity index (χ3n) is 6.14. The predicted molar refractivity (Wildman–Crippen MR) is 135 cm³/mol. The topological polar surface area (TPSA) is 100 Å². The Balaban J connectivity index is 1.47. The third kappa shape index (κ3) is 5.65. The molecule has 0 aromatic heterocycles. The van der Waals surface area contributed by atoms with E-state index in [0.29, 0.717) is 29.7 Å². The average molecular weight is 472 g/mol. The fourth-order valence-corrected chi connectivity index (χ4v) is 4.33. The summed E-state index contributed by atoms with van der Waals surface area (Å²) in [4.78, 5) is 30.7. The highest BCUT2D eigenvalue weighted by Gasteiger charge is 2.27. The second kappa shape index (κ2) is 11.1. The molecule has 2 atom stereocenters. The standard InChI is InChI=1S/C28H29N3O4/c1-18-14-20(12-13-22(18)19-8-4-3-5-9-19)27(33)24-11-7-6-10-23(24)26(32)17-30-28(34)25-15-21(16-29-25)31-35-2/h3-14,25-26,29,32H,15-17H2,1-2H3,(H,30,34)/b31-21-/t25-,26+/m0/s1. The van der Waals surface area contributed by atoms with Crippen molar-refractivity contribution in [1.29, 1.82) is 0 Å². The lowest BCUT2D eigenvalue weighted by Crippen LogP contribution is -2.42. The first-order chi connectivity index (χ1) is 17.0. The molecule has 0 spiro atoms. The largest absolute Gasteiger partial charge is 0.399 e. The van der Waals surface area contributed by atoms with E-state index >= 15 is 0 Å². The zero-order valence-corrected chi connectivity index (χ0v) is 19.8. The number of nitrogens with zero attached hydrogens (tertiary/aromatic N) is 1. The molecule has 35 heavy (non-hydrogen) atoms. The number of ketones is 1. The van der Waals surface area contributed by atoms with Crippen LogP contribution in [0, 0.1) is 6.92 Å². The monoisotopic (exact) mass is 471 g/mol. The van der Waals surface area contributed by atoms with Crippen LogP contribution in [0.5, 0.6) is 0 Å². The van der Waals surface area contributed by atoms with Crippen LogP contribution in [0.1, 0.15) is 39.6 Å². The molecule has 4 rings (SSSR count). The van der Waals surface area contributed by atoms with Gasteiger partial charge in [0.25, 0.3) is 0 Å². The summed E-state index contributed by atoms with van der Waals surface area (Å²) in [7, 11) is 1.47. The summed E-state index contributed by atoms with van der Waals surface area (Å²) in [6, 6.07) is 22.2. The molecule has 3 aromatic rings. The molecule has 0 radical (unpaired) electrons. The van der Waals surface area contributed by atoms with Crippen LogP contribution in [0.3, 0.4) is 0 Å². The van der Waals surface area contributed by atoms with Crippen molar-refractivity contribution in [3.8, 4) is 11.1 Å². The van der Waals surface area contributed by atoms with Gasteiger partial charge in [-0.1, -0.05) is 71.9 Å². The smallest absolute Gasteiger partial charge is 0.237 e. The molecule has 0 saturated carbocycles. The summed E-state index contributed by atoms with van der Waals surface area (Å²) in [6.45, 7) is 2.45. The molecular weight excluding hydrogens is 442 g/mol. The van der Waals surface area contributed by atoms with Gasteiger partial charge in [0.15, 0.2) is 5.78 Å². The number of carbonyl (C=O) groups is 2. The van der Waals surface area contributed by atoms with Crippen LogP contribution < -0.4 is 10.6 Å². The highest BCUT2D eigenvalue weighted by Crippen LogP contribution is 2.26. The van der Waals surface area contributed by atoms with Gasteiger partial charge in [-0.3, -0.25) is 9.59 Å². The van der Waals surface area contributed by atoms with Gasteiger partial charge in [-0.15, -0.1) is 0 Å². The lowest BCUT2D eigenvalue weighted by atomic mass is 9.92.